The van der Waals surface area contributed by atoms with Crippen LogP contribution in [0.5, 0.6) is 0 Å². The molecule has 1 aromatic heterocycles. The molecule has 1 aliphatic heterocycles. The van der Waals surface area contributed by atoms with Gasteiger partial charge in [0.25, 0.3) is 5.91 Å². The second-order valence-corrected chi connectivity index (χ2v) is 3.37. The van der Waals surface area contributed by atoms with Crippen LogP contribution in [0.25, 0.3) is 0 Å². The number of carbonyl (C=O) groups excluding carboxylic acids is 1. The van der Waals surface area contributed by atoms with Gasteiger partial charge in [-0.1, -0.05) is 11.6 Å². The van der Waals surface area contributed by atoms with Crippen LogP contribution in [-0.4, -0.2) is 28.9 Å². The molecule has 0 aromatic carbocycles. The van der Waals surface area contributed by atoms with E-state index in [-0.39, 0.29) is 5.91 Å². The number of hydrogen-bond donors (Lipinski definition) is 0. The van der Waals surface area contributed by atoms with Crippen LogP contribution in [0.3, 0.4) is 0 Å². The standard InChI is InChI=1S/C9H8ClN2O/c10-8-4-7(5-11-6-8)9(13)12-2-1-3-12/h4-5H,1-3H2. The first-order chi connectivity index (χ1) is 6.27. The molecule has 2 rings (SSSR count). The van der Waals surface area contributed by atoms with E-state index in [9.17, 15) is 4.79 Å². The molecule has 1 radical (unpaired) electrons. The topological polar surface area (TPSA) is 33.2 Å². The Hall–Kier alpha value is -1.09. The lowest BCUT2D eigenvalue weighted by Gasteiger charge is -2.30. The predicted octanol–water partition coefficient (Wildman–Crippen LogP) is 1.38. The summed E-state index contributed by atoms with van der Waals surface area (Å²) in [7, 11) is 0. The molecule has 0 bridgehead atoms. The summed E-state index contributed by atoms with van der Waals surface area (Å²) in [4.78, 5) is 17.1. The van der Waals surface area contributed by atoms with Crippen LogP contribution in [-0.2, 0) is 0 Å². The van der Waals surface area contributed by atoms with Gasteiger partial charge in [-0.05, 0) is 12.5 Å². The fourth-order valence-electron chi connectivity index (χ4n) is 1.19. The minimum Gasteiger partial charge on any atom is -0.338 e. The largest absolute Gasteiger partial charge is 0.338 e. The molecule has 1 fully saturated rings. The van der Waals surface area contributed by atoms with Crippen molar-refractivity contribution in [3.05, 3.63) is 29.0 Å². The van der Waals surface area contributed by atoms with Crippen molar-refractivity contribution >= 4 is 17.5 Å². The highest BCUT2D eigenvalue weighted by Gasteiger charge is 2.21. The molecule has 13 heavy (non-hydrogen) atoms. The number of nitrogens with zero attached hydrogens (tertiary/aromatic N) is 2. The van der Waals surface area contributed by atoms with E-state index >= 15 is 0 Å². The van der Waals surface area contributed by atoms with Gasteiger partial charge in [-0.3, -0.25) is 9.78 Å². The summed E-state index contributed by atoms with van der Waals surface area (Å²) in [6, 6.07) is 1.59. The first-order valence-corrected chi connectivity index (χ1v) is 4.47. The third-order valence-corrected chi connectivity index (χ3v) is 2.24. The Morgan fingerprint density at radius 3 is 2.92 bits per heavy atom. The van der Waals surface area contributed by atoms with Gasteiger partial charge in [0.15, 0.2) is 0 Å². The van der Waals surface area contributed by atoms with E-state index in [1.165, 1.54) is 6.20 Å². The lowest BCUT2D eigenvalue weighted by molar-refractivity contribution is 0.0651. The number of aromatic nitrogens is 1. The van der Waals surface area contributed by atoms with Gasteiger partial charge >= 0.3 is 0 Å². The lowest BCUT2D eigenvalue weighted by atomic mass is 10.1. The number of halogens is 1. The average molecular weight is 196 g/mol. The molecule has 4 heteroatoms. The van der Waals surface area contributed by atoms with Gasteiger partial charge in [0, 0.05) is 19.3 Å². The molecule has 0 atom stereocenters. The molecule has 0 unspecified atom stereocenters. The van der Waals surface area contributed by atoms with Crippen molar-refractivity contribution in [2.24, 2.45) is 0 Å². The molecular formula is C9H8ClN2O. The maximum atomic E-state index is 11.6. The van der Waals surface area contributed by atoms with E-state index in [2.05, 4.69) is 11.2 Å². The Morgan fingerprint density at radius 1 is 1.62 bits per heavy atom. The first-order valence-electron chi connectivity index (χ1n) is 4.10. The molecule has 2 heterocycles. The summed E-state index contributed by atoms with van der Waals surface area (Å²) in [5.74, 6) is 0.00894. The molecular weight excluding hydrogens is 188 g/mol. The monoisotopic (exact) mass is 195 g/mol. The fraction of sp³-hybridized carbons (Fsp3) is 0.333. The SMILES string of the molecule is O=C(c1cn[c]c(Cl)c1)N1CCC1. The van der Waals surface area contributed by atoms with E-state index in [1.807, 2.05) is 0 Å². The summed E-state index contributed by atoms with van der Waals surface area (Å²) in [5, 5.41) is 0.381. The van der Waals surface area contributed by atoms with Gasteiger partial charge in [0.1, 0.15) is 6.20 Å². The molecule has 1 aromatic rings. The van der Waals surface area contributed by atoms with Crippen LogP contribution in [0.15, 0.2) is 12.3 Å². The van der Waals surface area contributed by atoms with Crippen LogP contribution in [0.4, 0.5) is 0 Å². The minimum absolute atomic E-state index is 0.00894. The zero-order valence-corrected chi connectivity index (χ0v) is 7.71. The summed E-state index contributed by atoms with van der Waals surface area (Å²) >= 11 is 5.67. The van der Waals surface area contributed by atoms with Crippen LogP contribution >= 0.6 is 11.6 Å². The van der Waals surface area contributed by atoms with Gasteiger partial charge in [-0.15, -0.1) is 0 Å². The summed E-state index contributed by atoms with van der Waals surface area (Å²) in [5.41, 5.74) is 0.545. The molecule has 3 nitrogen and oxygen atoms in total. The highest BCUT2D eigenvalue weighted by molar-refractivity contribution is 6.30. The lowest BCUT2D eigenvalue weighted by Crippen LogP contribution is -2.42. The van der Waals surface area contributed by atoms with E-state index in [0.29, 0.717) is 10.6 Å². The Balaban J connectivity index is 2.19. The molecule has 67 valence electrons. The van der Waals surface area contributed by atoms with Crippen molar-refractivity contribution in [1.29, 1.82) is 0 Å². The van der Waals surface area contributed by atoms with E-state index in [1.54, 1.807) is 11.0 Å². The Morgan fingerprint density at radius 2 is 2.38 bits per heavy atom. The quantitative estimate of drug-likeness (QED) is 0.679. The van der Waals surface area contributed by atoms with Gasteiger partial charge < -0.3 is 4.90 Å². The van der Waals surface area contributed by atoms with Crippen LogP contribution in [0.1, 0.15) is 16.8 Å². The van der Waals surface area contributed by atoms with Crippen molar-refractivity contribution in [1.82, 2.24) is 9.88 Å². The van der Waals surface area contributed by atoms with Gasteiger partial charge in [0.2, 0.25) is 0 Å². The van der Waals surface area contributed by atoms with E-state index in [4.69, 9.17) is 11.6 Å². The van der Waals surface area contributed by atoms with Gasteiger partial charge in [0.05, 0.1) is 10.6 Å². The summed E-state index contributed by atoms with van der Waals surface area (Å²) in [6.45, 7) is 1.68. The zero-order chi connectivity index (χ0) is 9.26. The van der Waals surface area contributed by atoms with Gasteiger partial charge in [-0.25, -0.2) is 0 Å². The van der Waals surface area contributed by atoms with E-state index < -0.39 is 0 Å². The predicted molar refractivity (Wildman–Crippen MR) is 48.6 cm³/mol. The summed E-state index contributed by atoms with van der Waals surface area (Å²) in [6.07, 6.45) is 5.13. The third kappa shape index (κ3) is 1.65. The highest BCUT2D eigenvalue weighted by Crippen LogP contribution is 2.14. The second-order valence-electron chi connectivity index (χ2n) is 2.96. The molecule has 1 saturated heterocycles. The Bertz CT molecular complexity index is 336. The van der Waals surface area contributed by atoms with Crippen LogP contribution in [0.2, 0.25) is 5.02 Å². The number of likely N-dealkylation sites (tertiary alicyclic amines) is 1. The zero-order valence-electron chi connectivity index (χ0n) is 6.96. The van der Waals surface area contributed by atoms with Crippen molar-refractivity contribution in [3.8, 4) is 0 Å². The first kappa shape index (κ1) is 8.51. The molecule has 0 aliphatic carbocycles. The number of hydrogen-bond acceptors (Lipinski definition) is 2. The molecule has 1 aliphatic rings. The van der Waals surface area contributed by atoms with Gasteiger partial charge in [-0.2, -0.15) is 0 Å². The summed E-state index contributed by atoms with van der Waals surface area (Å²) < 4.78 is 0. The third-order valence-electron chi connectivity index (χ3n) is 2.05. The normalized spacial score (nSPS) is 15.3. The van der Waals surface area contributed by atoms with E-state index in [0.717, 1.165) is 19.5 Å². The highest BCUT2D eigenvalue weighted by atomic mass is 35.5. The molecule has 0 saturated carbocycles. The Kier molecular flexibility index (Phi) is 2.19. The van der Waals surface area contributed by atoms with Crippen molar-refractivity contribution in [2.45, 2.75) is 6.42 Å². The maximum absolute atomic E-state index is 11.6. The molecule has 1 amide bonds. The molecule has 0 N–H and O–H groups in total. The maximum Gasteiger partial charge on any atom is 0.255 e. The molecule has 0 spiro atoms. The number of amides is 1. The van der Waals surface area contributed by atoms with Crippen molar-refractivity contribution in [3.63, 3.8) is 0 Å². The van der Waals surface area contributed by atoms with Crippen molar-refractivity contribution < 1.29 is 4.79 Å². The number of carbonyl (C=O) groups is 1. The number of rotatable bonds is 1. The van der Waals surface area contributed by atoms with Crippen LogP contribution < -0.4 is 0 Å². The Labute approximate surface area is 81.3 Å². The number of pyridine rings is 1. The minimum atomic E-state index is 0.00894. The van der Waals surface area contributed by atoms with Crippen LogP contribution in [0, 0.1) is 6.20 Å². The smallest absolute Gasteiger partial charge is 0.255 e. The van der Waals surface area contributed by atoms with Crippen molar-refractivity contribution in [2.75, 3.05) is 13.1 Å². The average Bonchev–Trinajstić information content (AvgIpc) is 2.01. The fourth-order valence-corrected chi connectivity index (χ4v) is 1.35. The second kappa shape index (κ2) is 3.34.